The van der Waals surface area contributed by atoms with Crippen LogP contribution in [0.4, 0.5) is 0 Å². The number of amides is 1. The van der Waals surface area contributed by atoms with E-state index in [1.54, 1.807) is 17.7 Å². The maximum Gasteiger partial charge on any atom is 0.269 e. The van der Waals surface area contributed by atoms with Crippen LogP contribution in [0.2, 0.25) is 0 Å². The number of carbonyl (C=O) groups excluding carboxylic acids is 2. The van der Waals surface area contributed by atoms with Gasteiger partial charge in [0.15, 0.2) is 5.78 Å². The molecule has 1 saturated carbocycles. The molecule has 0 radical (unpaired) electrons. The van der Waals surface area contributed by atoms with Gasteiger partial charge in [0.25, 0.3) is 5.91 Å². The zero-order valence-corrected chi connectivity index (χ0v) is 16.5. The summed E-state index contributed by atoms with van der Waals surface area (Å²) in [5.74, 6) is 0.588. The van der Waals surface area contributed by atoms with Crippen LogP contribution in [0, 0.1) is 11.8 Å². The first-order valence-electron chi connectivity index (χ1n) is 10.1. The lowest BCUT2D eigenvalue weighted by Crippen LogP contribution is -2.32. The standard InChI is InChI=1S/C22H24N4O3/c1-3-20(27)18-9-19(22(28)24-21-15-10-29-11-16(15)21)26(25-18)12(2)13-4-5-17-14(8-13)6-7-23-17/h4-9,12,15-16,21,23H,3,10-11H2,1-2H3,(H,24,28)/t12-,15-,16+,21?/m0/s1. The highest BCUT2D eigenvalue weighted by Gasteiger charge is 2.55. The van der Waals surface area contributed by atoms with Crippen molar-refractivity contribution in [2.75, 3.05) is 13.2 Å². The Hall–Kier alpha value is -2.93. The van der Waals surface area contributed by atoms with Gasteiger partial charge < -0.3 is 15.0 Å². The topological polar surface area (TPSA) is 89.0 Å². The number of H-pyrrole nitrogens is 1. The molecule has 3 aromatic rings. The third-order valence-electron chi connectivity index (χ3n) is 6.25. The van der Waals surface area contributed by atoms with Crippen LogP contribution in [0.3, 0.4) is 0 Å². The number of ether oxygens (including phenoxy) is 1. The van der Waals surface area contributed by atoms with Crippen LogP contribution in [0.25, 0.3) is 10.9 Å². The van der Waals surface area contributed by atoms with Gasteiger partial charge in [-0.25, -0.2) is 0 Å². The number of nitrogens with zero attached hydrogens (tertiary/aromatic N) is 2. The van der Waals surface area contributed by atoms with Gasteiger partial charge in [-0.15, -0.1) is 0 Å². The monoisotopic (exact) mass is 392 g/mol. The molecular formula is C22H24N4O3. The highest BCUT2D eigenvalue weighted by Crippen LogP contribution is 2.44. The van der Waals surface area contributed by atoms with Crippen LogP contribution < -0.4 is 5.32 Å². The summed E-state index contributed by atoms with van der Waals surface area (Å²) in [7, 11) is 0. The molecule has 0 bridgehead atoms. The maximum absolute atomic E-state index is 13.0. The van der Waals surface area contributed by atoms with Crippen LogP contribution in [0.1, 0.15) is 52.9 Å². The number of nitrogens with one attached hydrogen (secondary N) is 2. The molecule has 2 aromatic heterocycles. The van der Waals surface area contributed by atoms with E-state index in [1.807, 2.05) is 31.3 Å². The first-order valence-corrected chi connectivity index (χ1v) is 10.1. The van der Waals surface area contributed by atoms with Gasteiger partial charge in [0.1, 0.15) is 11.4 Å². The Labute approximate surface area is 168 Å². The van der Waals surface area contributed by atoms with Crippen molar-refractivity contribution in [1.29, 1.82) is 0 Å². The van der Waals surface area contributed by atoms with Gasteiger partial charge in [0, 0.05) is 42.1 Å². The molecule has 2 aliphatic rings. The molecule has 2 fully saturated rings. The Kier molecular flexibility index (Phi) is 4.28. The number of rotatable bonds is 6. The molecule has 0 spiro atoms. The SMILES string of the molecule is CCC(=O)c1cc(C(=O)NC2[C@H]3COC[C@@H]23)n([C@@H](C)c2ccc3[nH]ccc3c2)n1. The van der Waals surface area contributed by atoms with Gasteiger partial charge >= 0.3 is 0 Å². The number of aromatic nitrogens is 3. The summed E-state index contributed by atoms with van der Waals surface area (Å²) in [6.07, 6.45) is 2.26. The number of benzene rings is 1. The van der Waals surface area contributed by atoms with Crippen molar-refractivity contribution >= 4 is 22.6 Å². The molecule has 3 heterocycles. The minimum absolute atomic E-state index is 0.0669. The quantitative estimate of drug-likeness (QED) is 0.631. The largest absolute Gasteiger partial charge is 0.381 e. The number of fused-ring (bicyclic) bond motifs is 2. The minimum atomic E-state index is -0.185. The normalized spacial score (nSPS) is 23.7. The Morgan fingerprint density at radius 1 is 1.28 bits per heavy atom. The van der Waals surface area contributed by atoms with Crippen LogP contribution >= 0.6 is 0 Å². The summed E-state index contributed by atoms with van der Waals surface area (Å²) >= 11 is 0. The van der Waals surface area contributed by atoms with E-state index in [1.165, 1.54) is 0 Å². The van der Waals surface area contributed by atoms with E-state index in [-0.39, 0.29) is 23.8 Å². The molecule has 1 unspecified atom stereocenters. The first-order chi connectivity index (χ1) is 14.1. The fraction of sp³-hybridized carbons (Fsp3) is 0.409. The van der Waals surface area contributed by atoms with Gasteiger partial charge in [-0.1, -0.05) is 13.0 Å². The molecular weight excluding hydrogens is 368 g/mol. The summed E-state index contributed by atoms with van der Waals surface area (Å²) in [5, 5.41) is 8.74. The Morgan fingerprint density at radius 3 is 2.83 bits per heavy atom. The van der Waals surface area contributed by atoms with Crippen LogP contribution in [-0.2, 0) is 4.74 Å². The second-order valence-corrected chi connectivity index (χ2v) is 8.00. The highest BCUT2D eigenvalue weighted by molar-refractivity contribution is 5.99. The van der Waals surface area contributed by atoms with E-state index in [4.69, 9.17) is 4.74 Å². The van der Waals surface area contributed by atoms with Gasteiger partial charge in [0.2, 0.25) is 0 Å². The lowest BCUT2D eigenvalue weighted by molar-refractivity contribution is 0.0916. The molecule has 1 saturated heterocycles. The second-order valence-electron chi connectivity index (χ2n) is 8.00. The average Bonchev–Trinajstić information content (AvgIpc) is 3.26. The molecule has 29 heavy (non-hydrogen) atoms. The molecule has 5 rings (SSSR count). The van der Waals surface area contributed by atoms with E-state index in [0.717, 1.165) is 16.5 Å². The number of carbonyl (C=O) groups is 2. The number of hydrogen-bond donors (Lipinski definition) is 2. The highest BCUT2D eigenvalue weighted by atomic mass is 16.5. The third-order valence-corrected chi connectivity index (χ3v) is 6.25. The van der Waals surface area contributed by atoms with Gasteiger partial charge in [-0.05, 0) is 36.1 Å². The Morgan fingerprint density at radius 2 is 2.07 bits per heavy atom. The summed E-state index contributed by atoms with van der Waals surface area (Å²) in [6.45, 7) is 5.22. The van der Waals surface area contributed by atoms with Crippen LogP contribution in [0.15, 0.2) is 36.5 Å². The van der Waals surface area contributed by atoms with Gasteiger partial charge in [-0.3, -0.25) is 14.3 Å². The number of ketones is 1. The molecule has 1 amide bonds. The Bertz CT molecular complexity index is 1090. The fourth-order valence-corrected chi connectivity index (χ4v) is 4.33. The smallest absolute Gasteiger partial charge is 0.269 e. The second kappa shape index (κ2) is 6.84. The fourth-order valence-electron chi connectivity index (χ4n) is 4.33. The van der Waals surface area contributed by atoms with E-state index in [0.29, 0.717) is 42.9 Å². The molecule has 1 aliphatic carbocycles. The molecule has 4 atom stereocenters. The number of aromatic amines is 1. The van der Waals surface area contributed by atoms with E-state index in [9.17, 15) is 9.59 Å². The average molecular weight is 392 g/mol. The van der Waals surface area contributed by atoms with Crippen molar-refractivity contribution in [3.8, 4) is 0 Å². The van der Waals surface area contributed by atoms with Crippen LogP contribution in [0.5, 0.6) is 0 Å². The molecule has 150 valence electrons. The van der Waals surface area contributed by atoms with Crippen molar-refractivity contribution in [1.82, 2.24) is 20.1 Å². The minimum Gasteiger partial charge on any atom is -0.381 e. The van der Waals surface area contributed by atoms with Crippen molar-refractivity contribution in [3.05, 3.63) is 53.5 Å². The van der Waals surface area contributed by atoms with Crippen LogP contribution in [-0.4, -0.2) is 45.7 Å². The molecule has 1 aliphatic heterocycles. The zero-order valence-electron chi connectivity index (χ0n) is 16.5. The van der Waals surface area contributed by atoms with E-state index < -0.39 is 0 Å². The van der Waals surface area contributed by atoms with Crippen molar-refractivity contribution in [3.63, 3.8) is 0 Å². The summed E-state index contributed by atoms with van der Waals surface area (Å²) < 4.78 is 7.09. The first kappa shape index (κ1) is 18.1. The van der Waals surface area contributed by atoms with E-state index in [2.05, 4.69) is 21.5 Å². The predicted molar refractivity (Wildman–Crippen MR) is 108 cm³/mol. The third kappa shape index (κ3) is 3.06. The van der Waals surface area contributed by atoms with Crippen molar-refractivity contribution < 1.29 is 14.3 Å². The van der Waals surface area contributed by atoms with Gasteiger partial charge in [0.05, 0.1) is 19.3 Å². The van der Waals surface area contributed by atoms with Crippen molar-refractivity contribution in [2.24, 2.45) is 11.8 Å². The van der Waals surface area contributed by atoms with Gasteiger partial charge in [-0.2, -0.15) is 5.10 Å². The van der Waals surface area contributed by atoms with Crippen molar-refractivity contribution in [2.45, 2.75) is 32.4 Å². The molecule has 7 nitrogen and oxygen atoms in total. The number of hydrogen-bond acceptors (Lipinski definition) is 4. The van der Waals surface area contributed by atoms with E-state index >= 15 is 0 Å². The molecule has 2 N–H and O–H groups in total. The lowest BCUT2D eigenvalue weighted by atomic mass is 10.1. The Balaban J connectivity index is 1.47. The maximum atomic E-state index is 13.0. The predicted octanol–water partition coefficient (Wildman–Crippen LogP) is 2.94. The lowest BCUT2D eigenvalue weighted by Gasteiger charge is -2.16. The number of Topliss-reactive ketones (excluding diaryl/α,β-unsaturated/α-hetero) is 1. The summed E-state index contributed by atoms with van der Waals surface area (Å²) in [6, 6.07) is 9.75. The zero-order chi connectivity index (χ0) is 20.1. The summed E-state index contributed by atoms with van der Waals surface area (Å²) in [5.41, 5.74) is 2.85. The summed E-state index contributed by atoms with van der Waals surface area (Å²) in [4.78, 5) is 28.5. The molecule has 7 heteroatoms. The molecule has 1 aromatic carbocycles.